The molecule has 2 aromatic rings. The first-order valence-corrected chi connectivity index (χ1v) is 8.18. The summed E-state index contributed by atoms with van der Waals surface area (Å²) in [6.45, 7) is 9.68. The third kappa shape index (κ3) is 2.95. The van der Waals surface area contributed by atoms with Gasteiger partial charge in [-0.05, 0) is 30.2 Å². The molecule has 22 heavy (non-hydrogen) atoms. The first-order chi connectivity index (χ1) is 10.5. The van der Waals surface area contributed by atoms with Gasteiger partial charge >= 0.3 is 0 Å². The van der Waals surface area contributed by atoms with Crippen LogP contribution in [-0.2, 0) is 11.2 Å². The average molecular weight is 302 g/mol. The minimum Gasteiger partial charge on any atom is -0.378 e. The van der Waals surface area contributed by atoms with E-state index in [0.717, 1.165) is 42.7 Å². The highest BCUT2D eigenvalue weighted by Gasteiger charge is 2.32. The van der Waals surface area contributed by atoms with Crippen molar-refractivity contribution >= 4 is 16.9 Å². The van der Waals surface area contributed by atoms with Crippen LogP contribution in [0.3, 0.4) is 0 Å². The van der Waals surface area contributed by atoms with Crippen molar-refractivity contribution in [2.24, 2.45) is 5.41 Å². The van der Waals surface area contributed by atoms with Crippen LogP contribution in [0.25, 0.3) is 11.0 Å². The Morgan fingerprint density at radius 2 is 2.18 bits per heavy atom. The average Bonchev–Trinajstić information content (AvgIpc) is 2.91. The van der Waals surface area contributed by atoms with Crippen LogP contribution in [0.4, 0.5) is 5.82 Å². The first-order valence-electron chi connectivity index (χ1n) is 8.18. The van der Waals surface area contributed by atoms with E-state index in [1.165, 1.54) is 5.56 Å². The molecule has 0 saturated carbocycles. The van der Waals surface area contributed by atoms with Gasteiger partial charge in [0, 0.05) is 18.8 Å². The quantitative estimate of drug-likeness (QED) is 0.910. The standard InChI is InChI=1S/C17H26N4O/c1-5-11-9-18-15-14(11)16(20-10-19-15)21-12-6-7-22-13(8-12)17(2,3)4/h9-10,12-13H,5-8H2,1-4H3,(H2,18,19,20,21). The number of aryl methyl sites for hydroxylation is 1. The largest absolute Gasteiger partial charge is 0.378 e. The van der Waals surface area contributed by atoms with Gasteiger partial charge in [0.1, 0.15) is 17.8 Å². The normalized spacial score (nSPS) is 22.9. The van der Waals surface area contributed by atoms with Crippen LogP contribution in [0.15, 0.2) is 12.5 Å². The van der Waals surface area contributed by atoms with Crippen LogP contribution < -0.4 is 5.32 Å². The van der Waals surface area contributed by atoms with E-state index < -0.39 is 0 Å². The molecule has 1 saturated heterocycles. The molecule has 0 amide bonds. The van der Waals surface area contributed by atoms with E-state index in [1.807, 2.05) is 6.20 Å². The maximum Gasteiger partial charge on any atom is 0.143 e. The lowest BCUT2D eigenvalue weighted by Crippen LogP contribution is -2.41. The Labute approximate surface area is 131 Å². The molecule has 0 aliphatic carbocycles. The van der Waals surface area contributed by atoms with Crippen LogP contribution in [0, 0.1) is 5.41 Å². The monoisotopic (exact) mass is 302 g/mol. The molecule has 1 fully saturated rings. The van der Waals surface area contributed by atoms with E-state index in [2.05, 4.69) is 48.0 Å². The highest BCUT2D eigenvalue weighted by molar-refractivity contribution is 5.90. The summed E-state index contributed by atoms with van der Waals surface area (Å²) < 4.78 is 5.95. The molecule has 3 heterocycles. The summed E-state index contributed by atoms with van der Waals surface area (Å²) in [5.41, 5.74) is 2.34. The van der Waals surface area contributed by atoms with Gasteiger partial charge in [-0.1, -0.05) is 27.7 Å². The van der Waals surface area contributed by atoms with Crippen molar-refractivity contribution in [2.75, 3.05) is 11.9 Å². The van der Waals surface area contributed by atoms with Crippen molar-refractivity contribution < 1.29 is 4.74 Å². The van der Waals surface area contributed by atoms with Gasteiger partial charge in [0.25, 0.3) is 0 Å². The summed E-state index contributed by atoms with van der Waals surface area (Å²) in [6, 6.07) is 0.399. The Hall–Kier alpha value is -1.62. The van der Waals surface area contributed by atoms with Gasteiger partial charge in [0.15, 0.2) is 0 Å². The number of rotatable bonds is 3. The first kappa shape index (κ1) is 15.3. The predicted molar refractivity (Wildman–Crippen MR) is 89.1 cm³/mol. The van der Waals surface area contributed by atoms with Crippen molar-refractivity contribution in [3.05, 3.63) is 18.1 Å². The van der Waals surface area contributed by atoms with E-state index in [1.54, 1.807) is 6.33 Å². The summed E-state index contributed by atoms with van der Waals surface area (Å²) in [6.07, 6.45) is 6.95. The molecular weight excluding hydrogens is 276 g/mol. The fourth-order valence-corrected chi connectivity index (χ4v) is 3.14. The summed E-state index contributed by atoms with van der Waals surface area (Å²) in [5.74, 6) is 0.947. The lowest BCUT2D eigenvalue weighted by atomic mass is 9.83. The molecule has 120 valence electrons. The zero-order valence-electron chi connectivity index (χ0n) is 13.9. The Morgan fingerprint density at radius 1 is 1.36 bits per heavy atom. The number of nitrogens with zero attached hydrogens (tertiary/aromatic N) is 2. The number of hydrogen-bond donors (Lipinski definition) is 2. The molecule has 1 aliphatic heterocycles. The van der Waals surface area contributed by atoms with Crippen molar-refractivity contribution in [2.45, 2.75) is 59.1 Å². The van der Waals surface area contributed by atoms with Crippen molar-refractivity contribution in [1.82, 2.24) is 15.0 Å². The predicted octanol–water partition coefficient (Wildman–Crippen LogP) is 3.53. The van der Waals surface area contributed by atoms with Crippen LogP contribution in [0.5, 0.6) is 0 Å². The molecule has 2 aromatic heterocycles. The summed E-state index contributed by atoms with van der Waals surface area (Å²) >= 11 is 0. The van der Waals surface area contributed by atoms with Gasteiger partial charge < -0.3 is 15.0 Å². The van der Waals surface area contributed by atoms with Gasteiger partial charge in [-0.15, -0.1) is 0 Å². The van der Waals surface area contributed by atoms with Gasteiger partial charge in [0.05, 0.1) is 11.5 Å². The number of ether oxygens (including phenoxy) is 1. The van der Waals surface area contributed by atoms with Gasteiger partial charge in [-0.25, -0.2) is 9.97 Å². The number of fused-ring (bicyclic) bond motifs is 1. The molecule has 0 spiro atoms. The van der Waals surface area contributed by atoms with E-state index in [0.29, 0.717) is 6.04 Å². The zero-order valence-corrected chi connectivity index (χ0v) is 13.9. The third-order valence-corrected chi connectivity index (χ3v) is 4.52. The Balaban J connectivity index is 1.82. The number of anilines is 1. The molecular formula is C17H26N4O. The van der Waals surface area contributed by atoms with Crippen LogP contribution >= 0.6 is 0 Å². The fourth-order valence-electron chi connectivity index (χ4n) is 3.14. The molecule has 2 unspecified atom stereocenters. The number of nitrogens with one attached hydrogen (secondary N) is 2. The SMILES string of the molecule is CCc1c[nH]c2ncnc(NC3CCOC(C(C)(C)C)C3)c12. The molecule has 0 bridgehead atoms. The maximum atomic E-state index is 5.95. The molecule has 0 radical (unpaired) electrons. The number of hydrogen-bond acceptors (Lipinski definition) is 4. The second-order valence-corrected chi connectivity index (χ2v) is 7.20. The summed E-state index contributed by atoms with van der Waals surface area (Å²) in [4.78, 5) is 12.0. The van der Waals surface area contributed by atoms with Crippen LogP contribution in [-0.4, -0.2) is 33.7 Å². The summed E-state index contributed by atoms with van der Waals surface area (Å²) in [7, 11) is 0. The molecule has 5 heteroatoms. The van der Waals surface area contributed by atoms with Crippen molar-refractivity contribution in [3.63, 3.8) is 0 Å². The zero-order chi connectivity index (χ0) is 15.7. The number of aromatic amines is 1. The second kappa shape index (κ2) is 5.88. The minimum atomic E-state index is 0.171. The molecule has 3 rings (SSSR count). The van der Waals surface area contributed by atoms with Crippen LogP contribution in [0.2, 0.25) is 0 Å². The fraction of sp³-hybridized carbons (Fsp3) is 0.647. The molecule has 2 N–H and O–H groups in total. The van der Waals surface area contributed by atoms with E-state index in [4.69, 9.17) is 4.74 Å². The number of aromatic nitrogens is 3. The lowest BCUT2D eigenvalue weighted by molar-refractivity contribution is -0.0512. The minimum absolute atomic E-state index is 0.171. The van der Waals surface area contributed by atoms with E-state index >= 15 is 0 Å². The Bertz CT molecular complexity index is 644. The van der Waals surface area contributed by atoms with Crippen molar-refractivity contribution in [3.8, 4) is 0 Å². The van der Waals surface area contributed by atoms with Gasteiger partial charge in [-0.3, -0.25) is 0 Å². The smallest absolute Gasteiger partial charge is 0.143 e. The number of H-pyrrole nitrogens is 1. The van der Waals surface area contributed by atoms with E-state index in [9.17, 15) is 0 Å². The second-order valence-electron chi connectivity index (χ2n) is 7.20. The third-order valence-electron chi connectivity index (χ3n) is 4.52. The van der Waals surface area contributed by atoms with E-state index in [-0.39, 0.29) is 11.5 Å². The van der Waals surface area contributed by atoms with Crippen molar-refractivity contribution in [1.29, 1.82) is 0 Å². The maximum absolute atomic E-state index is 5.95. The Morgan fingerprint density at radius 3 is 2.91 bits per heavy atom. The summed E-state index contributed by atoms with van der Waals surface area (Å²) in [5, 5.41) is 4.76. The Kier molecular flexibility index (Phi) is 4.08. The topological polar surface area (TPSA) is 62.8 Å². The molecule has 2 atom stereocenters. The van der Waals surface area contributed by atoms with Crippen LogP contribution in [0.1, 0.15) is 46.1 Å². The molecule has 5 nitrogen and oxygen atoms in total. The molecule has 0 aromatic carbocycles. The highest BCUT2D eigenvalue weighted by atomic mass is 16.5. The van der Waals surface area contributed by atoms with Gasteiger partial charge in [0.2, 0.25) is 0 Å². The highest BCUT2D eigenvalue weighted by Crippen LogP contribution is 2.32. The van der Waals surface area contributed by atoms with Gasteiger partial charge in [-0.2, -0.15) is 0 Å². The molecule has 1 aliphatic rings. The lowest BCUT2D eigenvalue weighted by Gasteiger charge is -2.38.